The van der Waals surface area contributed by atoms with Crippen LogP contribution in [-0.4, -0.2) is 23.8 Å². The molecule has 1 saturated heterocycles. The number of benzene rings is 2. The van der Waals surface area contributed by atoms with Gasteiger partial charge in [0.15, 0.2) is 0 Å². The van der Waals surface area contributed by atoms with E-state index in [1.807, 2.05) is 0 Å². The Kier molecular flexibility index (Phi) is 4.50. The van der Waals surface area contributed by atoms with Gasteiger partial charge in [0.25, 0.3) is 0 Å². The van der Waals surface area contributed by atoms with Crippen molar-refractivity contribution in [3.8, 4) is 0 Å². The highest BCUT2D eigenvalue weighted by molar-refractivity contribution is 8.25. The molecule has 0 N–H and O–H groups in total. The van der Waals surface area contributed by atoms with Gasteiger partial charge < -0.3 is 0 Å². The maximum Gasteiger partial charge on any atom is 0.0472 e. The van der Waals surface area contributed by atoms with Crippen molar-refractivity contribution >= 4 is 46.6 Å². The van der Waals surface area contributed by atoms with Crippen molar-refractivity contribution in [1.29, 1.82) is 0 Å². The topological polar surface area (TPSA) is 3.24 Å². The normalized spacial score (nSPS) is 25.6. The first-order valence-corrected chi connectivity index (χ1v) is 13.3. The third-order valence-corrected chi connectivity index (χ3v) is 15.0. The quantitative estimate of drug-likeness (QED) is 0.775. The lowest BCUT2D eigenvalue weighted by Crippen LogP contribution is -2.24. The molecule has 2 aromatic rings. The van der Waals surface area contributed by atoms with E-state index in [4.69, 9.17) is 23.6 Å². The third-order valence-electron chi connectivity index (χ3n) is 4.03. The highest BCUT2D eigenvalue weighted by Gasteiger charge is 2.39. The minimum Gasteiger partial charge on any atom is -0.238 e. The Morgan fingerprint density at radius 1 is 1.00 bits per heavy atom. The van der Waals surface area contributed by atoms with Crippen LogP contribution >= 0.6 is 12.4 Å². The summed E-state index contributed by atoms with van der Waals surface area (Å²) in [5, 5.41) is 2.61. The molecule has 1 fully saturated rings. The van der Waals surface area contributed by atoms with E-state index in [2.05, 4.69) is 71.8 Å². The van der Waals surface area contributed by atoms with Crippen molar-refractivity contribution in [2.75, 3.05) is 19.4 Å². The van der Waals surface area contributed by atoms with E-state index in [0.29, 0.717) is 0 Å². The smallest absolute Gasteiger partial charge is 0.0472 e. The summed E-state index contributed by atoms with van der Waals surface area (Å²) in [6.07, 6.45) is -1.19. The lowest BCUT2D eigenvalue weighted by molar-refractivity contribution is 0.739. The minimum atomic E-state index is -1.77. The van der Waals surface area contributed by atoms with Crippen molar-refractivity contribution in [2.24, 2.45) is 0 Å². The second-order valence-electron chi connectivity index (χ2n) is 5.42. The largest absolute Gasteiger partial charge is 0.238 e. The Bertz CT molecular complexity index is 716. The van der Waals surface area contributed by atoms with Crippen LogP contribution in [0.4, 0.5) is 0 Å². The van der Waals surface area contributed by atoms with Crippen molar-refractivity contribution < 1.29 is 0 Å². The fraction of sp³-hybridized carbons (Fsp3) is 0.250. The molecule has 0 aromatic heterocycles. The summed E-state index contributed by atoms with van der Waals surface area (Å²) in [4.78, 5) is 0. The minimum absolute atomic E-state index is 1.05. The average Bonchev–Trinajstić information content (AvgIpc) is 2.93. The summed E-state index contributed by atoms with van der Waals surface area (Å²) in [5.41, 5.74) is 0. The third kappa shape index (κ3) is 2.83. The van der Waals surface area contributed by atoms with E-state index >= 15 is 0 Å². The molecule has 0 radical (unpaired) electrons. The summed E-state index contributed by atoms with van der Waals surface area (Å²) < 4.78 is 2.54. The molecule has 1 heterocycles. The van der Waals surface area contributed by atoms with E-state index in [1.165, 1.54) is 17.0 Å². The zero-order valence-electron chi connectivity index (χ0n) is 12.1. The van der Waals surface area contributed by atoms with Gasteiger partial charge in [0.05, 0.1) is 0 Å². The molecule has 1 aliphatic heterocycles. The first-order valence-electron chi connectivity index (χ1n) is 7.11. The van der Waals surface area contributed by atoms with E-state index in [1.54, 1.807) is 0 Å². The molecule has 0 amide bonds. The molecule has 1 nitrogen and oxygen atoms in total. The second-order valence-corrected chi connectivity index (χ2v) is 15.3. The molecule has 21 heavy (non-hydrogen) atoms. The molecular formula is C16H19NP2S2. The molecule has 0 spiro atoms. The number of rotatable bonds is 3. The SMILES string of the molecule is CP(=S)(c1ccccc1)N1CCCP1(=S)c1ccccc1. The summed E-state index contributed by atoms with van der Waals surface area (Å²) in [6.45, 7) is 3.29. The average molecular weight is 351 g/mol. The maximum absolute atomic E-state index is 6.20. The van der Waals surface area contributed by atoms with Gasteiger partial charge in [0.1, 0.15) is 0 Å². The van der Waals surface area contributed by atoms with Crippen LogP contribution in [0.3, 0.4) is 0 Å². The van der Waals surface area contributed by atoms with Gasteiger partial charge in [-0.1, -0.05) is 84.3 Å². The van der Waals surface area contributed by atoms with Gasteiger partial charge in [-0.2, -0.15) is 0 Å². The van der Waals surface area contributed by atoms with E-state index in [-0.39, 0.29) is 0 Å². The van der Waals surface area contributed by atoms with Gasteiger partial charge in [-0.15, -0.1) is 0 Å². The van der Waals surface area contributed by atoms with Crippen molar-refractivity contribution in [3.63, 3.8) is 0 Å². The van der Waals surface area contributed by atoms with Crippen LogP contribution in [0.2, 0.25) is 0 Å². The number of hydrogen-bond donors (Lipinski definition) is 0. The predicted octanol–water partition coefficient (Wildman–Crippen LogP) is 3.76. The standard InChI is InChI=1S/C16H19NP2S2/c1-18(20,15-9-4-2-5-10-15)17-13-8-14-19(17,21)16-11-6-3-7-12-16/h2-7,9-12H,8,13-14H2,1H3. The Morgan fingerprint density at radius 2 is 1.57 bits per heavy atom. The molecule has 0 bridgehead atoms. The zero-order valence-corrected chi connectivity index (χ0v) is 15.5. The second kappa shape index (κ2) is 6.07. The molecular weight excluding hydrogens is 332 g/mol. The molecule has 2 atom stereocenters. The molecule has 0 saturated carbocycles. The zero-order chi connectivity index (χ0) is 14.9. The van der Waals surface area contributed by atoms with Crippen LogP contribution in [0.5, 0.6) is 0 Å². The molecule has 0 aliphatic carbocycles. The van der Waals surface area contributed by atoms with Crippen molar-refractivity contribution in [3.05, 3.63) is 60.7 Å². The van der Waals surface area contributed by atoms with Gasteiger partial charge >= 0.3 is 0 Å². The molecule has 2 unspecified atom stereocenters. The van der Waals surface area contributed by atoms with Crippen LogP contribution in [0.1, 0.15) is 6.42 Å². The first-order chi connectivity index (χ1) is 10.0. The van der Waals surface area contributed by atoms with Gasteiger partial charge in [-0.05, 0) is 29.9 Å². The molecule has 3 rings (SSSR count). The first kappa shape index (κ1) is 15.6. The fourth-order valence-corrected chi connectivity index (χ4v) is 14.4. The van der Waals surface area contributed by atoms with Crippen molar-refractivity contribution in [1.82, 2.24) is 4.44 Å². The summed E-state index contributed by atoms with van der Waals surface area (Å²) in [5.74, 6) is 0. The van der Waals surface area contributed by atoms with Crippen LogP contribution in [0, 0.1) is 0 Å². The summed E-state index contributed by atoms with van der Waals surface area (Å²) in [6, 6.07) is 21.2. The molecule has 110 valence electrons. The predicted molar refractivity (Wildman–Crippen MR) is 103 cm³/mol. The molecule has 1 aliphatic rings. The highest BCUT2D eigenvalue weighted by atomic mass is 32.5. The maximum atomic E-state index is 6.20. The molecule has 5 heteroatoms. The lowest BCUT2D eigenvalue weighted by atomic mass is 10.4. The highest BCUT2D eigenvalue weighted by Crippen LogP contribution is 2.67. The van der Waals surface area contributed by atoms with E-state index in [9.17, 15) is 0 Å². The Balaban J connectivity index is 2.06. The van der Waals surface area contributed by atoms with Gasteiger partial charge in [-0.3, -0.25) is 0 Å². The van der Waals surface area contributed by atoms with Gasteiger partial charge in [0, 0.05) is 18.9 Å². The fourth-order valence-electron chi connectivity index (χ4n) is 2.93. The number of nitrogens with zero attached hydrogens (tertiary/aromatic N) is 1. The Morgan fingerprint density at radius 3 is 2.19 bits per heavy atom. The monoisotopic (exact) mass is 351 g/mol. The summed E-state index contributed by atoms with van der Waals surface area (Å²) >= 11 is 12.3. The van der Waals surface area contributed by atoms with E-state index in [0.717, 1.165) is 12.7 Å². The van der Waals surface area contributed by atoms with Crippen LogP contribution < -0.4 is 10.6 Å². The number of hydrogen-bond acceptors (Lipinski definition) is 2. The van der Waals surface area contributed by atoms with Crippen LogP contribution in [0.15, 0.2) is 60.7 Å². The van der Waals surface area contributed by atoms with E-state index < -0.39 is 12.4 Å². The van der Waals surface area contributed by atoms with Gasteiger partial charge in [-0.25, -0.2) is 4.44 Å². The van der Waals surface area contributed by atoms with Crippen LogP contribution in [0.25, 0.3) is 0 Å². The van der Waals surface area contributed by atoms with Crippen molar-refractivity contribution in [2.45, 2.75) is 6.42 Å². The summed E-state index contributed by atoms with van der Waals surface area (Å²) in [7, 11) is 0. The van der Waals surface area contributed by atoms with Crippen LogP contribution in [-0.2, 0) is 23.6 Å². The molecule has 2 aromatic carbocycles. The Hall–Kier alpha value is -0.300. The lowest BCUT2D eigenvalue weighted by Gasteiger charge is -2.37. The van der Waals surface area contributed by atoms with Gasteiger partial charge in [0.2, 0.25) is 0 Å². The Labute approximate surface area is 137 Å².